The van der Waals surface area contributed by atoms with E-state index in [1.54, 1.807) is 0 Å². The Labute approximate surface area is 124 Å². The number of nitrogens with one attached hydrogen (secondary N) is 1. The van der Waals surface area contributed by atoms with E-state index >= 15 is 0 Å². The molecule has 0 aliphatic heterocycles. The number of hydrogen-bond donors (Lipinski definition) is 1. The van der Waals surface area contributed by atoms with E-state index in [0.717, 1.165) is 12.1 Å². The van der Waals surface area contributed by atoms with E-state index in [1.807, 2.05) is 18.2 Å². The number of hydrogen-bond acceptors (Lipinski definition) is 1. The molecule has 2 nitrogen and oxygen atoms in total. The Morgan fingerprint density at radius 1 is 1.21 bits per heavy atom. The molecular weight excluding hydrogens is 279 g/mol. The molecule has 0 aliphatic carbocycles. The highest BCUT2D eigenvalue weighted by Crippen LogP contribution is 2.25. The Balaban J connectivity index is 2.16. The van der Waals surface area contributed by atoms with Crippen LogP contribution in [0.3, 0.4) is 0 Å². The predicted molar refractivity (Wildman–Crippen MR) is 82.1 cm³/mol. The van der Waals surface area contributed by atoms with Gasteiger partial charge >= 0.3 is 0 Å². The molecular formula is C15H18Cl2N2. The molecule has 0 aliphatic rings. The second kappa shape index (κ2) is 6.47. The fraction of sp³-hybridized carbons (Fsp3) is 0.333. The Morgan fingerprint density at radius 2 is 1.89 bits per heavy atom. The first kappa shape index (κ1) is 14.4. The fourth-order valence-corrected chi connectivity index (χ4v) is 2.62. The van der Waals surface area contributed by atoms with Crippen LogP contribution in [0.5, 0.6) is 0 Å². The maximum absolute atomic E-state index is 6.19. The summed E-state index contributed by atoms with van der Waals surface area (Å²) in [6.45, 7) is 5.92. The summed E-state index contributed by atoms with van der Waals surface area (Å²) >= 11 is 12.4. The summed E-state index contributed by atoms with van der Waals surface area (Å²) in [5, 5.41) is 4.82. The molecule has 0 spiro atoms. The molecule has 102 valence electrons. The van der Waals surface area contributed by atoms with Crippen LogP contribution in [0.4, 0.5) is 0 Å². The standard InChI is InChI=1S/C15H18Cl2N2/c1-3-18-11(2)12-7-8-19(9-12)10-13-14(16)5-4-6-15(13)17/h4-9,11,18H,3,10H2,1-2H3. The normalized spacial score (nSPS) is 12.6. The van der Waals surface area contributed by atoms with Crippen LogP contribution in [0.1, 0.15) is 31.0 Å². The second-order valence-corrected chi connectivity index (χ2v) is 5.41. The predicted octanol–water partition coefficient (Wildman–Crippen LogP) is 4.51. The van der Waals surface area contributed by atoms with Gasteiger partial charge in [0.15, 0.2) is 0 Å². The third kappa shape index (κ3) is 3.53. The van der Waals surface area contributed by atoms with Gasteiger partial charge in [-0.1, -0.05) is 36.2 Å². The van der Waals surface area contributed by atoms with Gasteiger partial charge in [-0.3, -0.25) is 0 Å². The lowest BCUT2D eigenvalue weighted by molar-refractivity contribution is 0.596. The van der Waals surface area contributed by atoms with Crippen LogP contribution in [-0.2, 0) is 6.54 Å². The van der Waals surface area contributed by atoms with Crippen molar-refractivity contribution in [3.63, 3.8) is 0 Å². The Hall–Kier alpha value is -0.960. The molecule has 0 radical (unpaired) electrons. The minimum atomic E-state index is 0.355. The minimum Gasteiger partial charge on any atom is -0.349 e. The molecule has 19 heavy (non-hydrogen) atoms. The van der Waals surface area contributed by atoms with E-state index in [9.17, 15) is 0 Å². The van der Waals surface area contributed by atoms with Crippen LogP contribution in [0.15, 0.2) is 36.7 Å². The molecule has 2 rings (SSSR count). The van der Waals surface area contributed by atoms with Crippen molar-refractivity contribution in [3.05, 3.63) is 57.8 Å². The third-order valence-electron chi connectivity index (χ3n) is 3.19. The summed E-state index contributed by atoms with van der Waals surface area (Å²) in [5.74, 6) is 0. The zero-order valence-corrected chi connectivity index (χ0v) is 12.7. The van der Waals surface area contributed by atoms with E-state index in [1.165, 1.54) is 5.56 Å². The van der Waals surface area contributed by atoms with Crippen molar-refractivity contribution < 1.29 is 0 Å². The molecule has 1 unspecified atom stereocenters. The lowest BCUT2D eigenvalue weighted by Crippen LogP contribution is -2.17. The average Bonchev–Trinajstić information content (AvgIpc) is 2.83. The number of benzene rings is 1. The Morgan fingerprint density at radius 3 is 2.53 bits per heavy atom. The molecule has 0 saturated carbocycles. The number of rotatable bonds is 5. The maximum Gasteiger partial charge on any atom is 0.0499 e. The van der Waals surface area contributed by atoms with Gasteiger partial charge in [-0.2, -0.15) is 0 Å². The van der Waals surface area contributed by atoms with Crippen LogP contribution in [0, 0.1) is 0 Å². The first-order valence-electron chi connectivity index (χ1n) is 6.43. The molecule has 2 aromatic rings. The van der Waals surface area contributed by atoms with E-state index in [0.29, 0.717) is 22.6 Å². The van der Waals surface area contributed by atoms with Crippen molar-refractivity contribution in [2.75, 3.05) is 6.54 Å². The summed E-state index contributed by atoms with van der Waals surface area (Å²) in [6, 6.07) is 8.08. The van der Waals surface area contributed by atoms with Gasteiger partial charge in [-0.25, -0.2) is 0 Å². The zero-order chi connectivity index (χ0) is 13.8. The molecule has 4 heteroatoms. The van der Waals surface area contributed by atoms with Crippen molar-refractivity contribution in [2.45, 2.75) is 26.4 Å². The molecule has 1 aromatic heterocycles. The zero-order valence-electron chi connectivity index (χ0n) is 11.2. The van der Waals surface area contributed by atoms with Crippen LogP contribution in [0.2, 0.25) is 10.0 Å². The first-order valence-corrected chi connectivity index (χ1v) is 7.19. The lowest BCUT2D eigenvalue weighted by Gasteiger charge is -2.10. The largest absolute Gasteiger partial charge is 0.349 e. The van der Waals surface area contributed by atoms with Crippen LogP contribution in [0.25, 0.3) is 0 Å². The van der Waals surface area contributed by atoms with Gasteiger partial charge in [0, 0.05) is 40.6 Å². The average molecular weight is 297 g/mol. The van der Waals surface area contributed by atoms with Crippen molar-refractivity contribution in [1.82, 2.24) is 9.88 Å². The molecule has 0 saturated heterocycles. The van der Waals surface area contributed by atoms with Crippen LogP contribution < -0.4 is 5.32 Å². The van der Waals surface area contributed by atoms with Gasteiger partial charge in [0.05, 0.1) is 0 Å². The number of aromatic nitrogens is 1. The summed E-state index contributed by atoms with van der Waals surface area (Å²) in [6.07, 6.45) is 4.19. The van der Waals surface area contributed by atoms with Crippen molar-refractivity contribution >= 4 is 23.2 Å². The quantitative estimate of drug-likeness (QED) is 0.859. The molecule has 1 N–H and O–H groups in total. The molecule has 0 fully saturated rings. The first-order chi connectivity index (χ1) is 9.11. The molecule has 0 amide bonds. The summed E-state index contributed by atoms with van der Waals surface area (Å²) < 4.78 is 2.11. The highest BCUT2D eigenvalue weighted by atomic mass is 35.5. The Bertz CT molecular complexity index is 529. The summed E-state index contributed by atoms with van der Waals surface area (Å²) in [7, 11) is 0. The fourth-order valence-electron chi connectivity index (χ4n) is 2.10. The van der Waals surface area contributed by atoms with Crippen molar-refractivity contribution in [1.29, 1.82) is 0 Å². The summed E-state index contributed by atoms with van der Waals surface area (Å²) in [5.41, 5.74) is 2.23. The van der Waals surface area contributed by atoms with Gasteiger partial charge in [-0.05, 0) is 37.2 Å². The van der Waals surface area contributed by atoms with Crippen LogP contribution >= 0.6 is 23.2 Å². The van der Waals surface area contributed by atoms with E-state index in [-0.39, 0.29) is 0 Å². The van der Waals surface area contributed by atoms with E-state index in [2.05, 4.69) is 42.2 Å². The monoisotopic (exact) mass is 296 g/mol. The van der Waals surface area contributed by atoms with Crippen molar-refractivity contribution in [2.24, 2.45) is 0 Å². The van der Waals surface area contributed by atoms with E-state index in [4.69, 9.17) is 23.2 Å². The highest BCUT2D eigenvalue weighted by Gasteiger charge is 2.08. The lowest BCUT2D eigenvalue weighted by atomic mass is 10.2. The second-order valence-electron chi connectivity index (χ2n) is 4.60. The molecule has 1 heterocycles. The molecule has 0 bridgehead atoms. The highest BCUT2D eigenvalue weighted by molar-refractivity contribution is 6.35. The smallest absolute Gasteiger partial charge is 0.0499 e. The molecule has 1 atom stereocenters. The third-order valence-corrected chi connectivity index (χ3v) is 3.89. The van der Waals surface area contributed by atoms with E-state index < -0.39 is 0 Å². The van der Waals surface area contributed by atoms with Gasteiger partial charge in [0.1, 0.15) is 0 Å². The Kier molecular flexibility index (Phi) is 4.92. The van der Waals surface area contributed by atoms with Gasteiger partial charge in [0.2, 0.25) is 0 Å². The van der Waals surface area contributed by atoms with Crippen LogP contribution in [-0.4, -0.2) is 11.1 Å². The van der Waals surface area contributed by atoms with Gasteiger partial charge < -0.3 is 9.88 Å². The maximum atomic E-state index is 6.19. The van der Waals surface area contributed by atoms with Gasteiger partial charge in [0.25, 0.3) is 0 Å². The molecule has 1 aromatic carbocycles. The van der Waals surface area contributed by atoms with Gasteiger partial charge in [-0.15, -0.1) is 0 Å². The topological polar surface area (TPSA) is 17.0 Å². The summed E-state index contributed by atoms with van der Waals surface area (Å²) in [4.78, 5) is 0. The number of halogens is 2. The SMILES string of the molecule is CCNC(C)c1ccn(Cc2c(Cl)cccc2Cl)c1. The van der Waals surface area contributed by atoms with Crippen molar-refractivity contribution in [3.8, 4) is 0 Å². The minimum absolute atomic E-state index is 0.355. The number of nitrogens with zero attached hydrogens (tertiary/aromatic N) is 1.